The molecule has 120 valence electrons. The van der Waals surface area contributed by atoms with E-state index < -0.39 is 11.7 Å². The zero-order valence-corrected chi connectivity index (χ0v) is 14.0. The Morgan fingerprint density at radius 2 is 1.95 bits per heavy atom. The summed E-state index contributed by atoms with van der Waals surface area (Å²) < 4.78 is 5.09. The van der Waals surface area contributed by atoms with Crippen molar-refractivity contribution >= 4 is 40.6 Å². The molecule has 6 nitrogen and oxygen atoms in total. The van der Waals surface area contributed by atoms with E-state index in [9.17, 15) is 4.79 Å². The quantitative estimate of drug-likeness (QED) is 0.400. The minimum Gasteiger partial charge on any atom is -0.443 e. The molecule has 0 saturated carbocycles. The predicted molar refractivity (Wildman–Crippen MR) is 92.1 cm³/mol. The number of rotatable bonds is 7. The van der Waals surface area contributed by atoms with Gasteiger partial charge in [-0.05, 0) is 31.5 Å². The molecule has 1 amide bonds. The van der Waals surface area contributed by atoms with Crippen molar-refractivity contribution in [2.24, 2.45) is 16.6 Å². The Hall–Kier alpha value is -1.86. The molecule has 22 heavy (non-hydrogen) atoms. The van der Waals surface area contributed by atoms with E-state index in [4.69, 9.17) is 40.0 Å². The standard InChI is InChI=1S/C14H19ClN4O2S/c1-14(2,21-13(17)20)7-11(19-18-8-12(16)22)9-3-5-10(15)6-4-9/h3-6,18H,7-8H2,1-2H3,(H2,16,22)(H2,17,20). The molecule has 0 aliphatic rings. The first-order chi connectivity index (χ1) is 10.2. The maximum atomic E-state index is 11.0. The van der Waals surface area contributed by atoms with Crippen LogP contribution >= 0.6 is 23.8 Å². The molecule has 0 radical (unpaired) electrons. The molecule has 8 heteroatoms. The van der Waals surface area contributed by atoms with Gasteiger partial charge in [-0.25, -0.2) is 4.79 Å². The average molecular weight is 343 g/mol. The number of carbonyl (C=O) groups excluding carboxylic acids is 1. The molecule has 0 heterocycles. The van der Waals surface area contributed by atoms with Crippen LogP contribution in [0.5, 0.6) is 0 Å². The summed E-state index contributed by atoms with van der Waals surface area (Å²) in [6, 6.07) is 7.15. The number of amides is 1. The monoisotopic (exact) mass is 342 g/mol. The lowest BCUT2D eigenvalue weighted by molar-refractivity contribution is 0.0512. The van der Waals surface area contributed by atoms with E-state index in [0.29, 0.717) is 22.1 Å². The molecule has 0 fully saturated rings. The Bertz CT molecular complexity index is 573. The molecular weight excluding hydrogens is 324 g/mol. The molecule has 5 N–H and O–H groups in total. The summed E-state index contributed by atoms with van der Waals surface area (Å²) in [5.41, 5.74) is 14.0. The van der Waals surface area contributed by atoms with Crippen molar-refractivity contribution < 1.29 is 9.53 Å². The number of nitrogens with one attached hydrogen (secondary N) is 1. The van der Waals surface area contributed by atoms with Crippen LogP contribution < -0.4 is 16.9 Å². The number of nitrogens with two attached hydrogens (primary N) is 2. The van der Waals surface area contributed by atoms with E-state index in [1.807, 2.05) is 12.1 Å². The highest BCUT2D eigenvalue weighted by molar-refractivity contribution is 7.80. The normalized spacial score (nSPS) is 11.9. The molecule has 1 aromatic rings. The zero-order valence-electron chi connectivity index (χ0n) is 12.4. The van der Waals surface area contributed by atoms with Crippen molar-refractivity contribution in [2.45, 2.75) is 25.9 Å². The van der Waals surface area contributed by atoms with Crippen molar-refractivity contribution in [1.82, 2.24) is 5.43 Å². The number of hydrogen-bond donors (Lipinski definition) is 3. The lowest BCUT2D eigenvalue weighted by atomic mass is 9.96. The number of nitrogens with zero attached hydrogens (tertiary/aromatic N) is 1. The van der Waals surface area contributed by atoms with Crippen molar-refractivity contribution in [3.63, 3.8) is 0 Å². The molecule has 0 aliphatic carbocycles. The van der Waals surface area contributed by atoms with Crippen LogP contribution in [0.15, 0.2) is 29.4 Å². The summed E-state index contributed by atoms with van der Waals surface area (Å²) in [4.78, 5) is 11.3. The van der Waals surface area contributed by atoms with Crippen LogP contribution in [0.3, 0.4) is 0 Å². The first-order valence-electron chi connectivity index (χ1n) is 6.52. The molecule has 0 atom stereocenters. The number of hydrogen-bond acceptors (Lipinski definition) is 5. The minimum absolute atomic E-state index is 0.267. The van der Waals surface area contributed by atoms with Crippen LogP contribution in [0.25, 0.3) is 0 Å². The molecule has 0 bridgehead atoms. The van der Waals surface area contributed by atoms with Crippen LogP contribution in [-0.2, 0) is 4.74 Å². The largest absolute Gasteiger partial charge is 0.443 e. The topological polar surface area (TPSA) is 103 Å². The summed E-state index contributed by atoms with van der Waals surface area (Å²) >= 11 is 10.7. The van der Waals surface area contributed by atoms with E-state index in [1.54, 1.807) is 26.0 Å². The van der Waals surface area contributed by atoms with Gasteiger partial charge in [0.25, 0.3) is 0 Å². The fraction of sp³-hybridized carbons (Fsp3) is 0.357. The van der Waals surface area contributed by atoms with Crippen LogP contribution in [0.2, 0.25) is 5.02 Å². The molecule has 0 saturated heterocycles. The highest BCUT2D eigenvalue weighted by Gasteiger charge is 2.25. The van der Waals surface area contributed by atoms with Crippen LogP contribution in [0.1, 0.15) is 25.8 Å². The fourth-order valence-electron chi connectivity index (χ4n) is 1.77. The smallest absolute Gasteiger partial charge is 0.405 e. The first-order valence-corrected chi connectivity index (χ1v) is 7.30. The third-order valence-electron chi connectivity index (χ3n) is 2.61. The third kappa shape index (κ3) is 6.73. The highest BCUT2D eigenvalue weighted by Crippen LogP contribution is 2.20. The van der Waals surface area contributed by atoms with Gasteiger partial charge in [0.1, 0.15) is 5.60 Å². The molecule has 0 aromatic heterocycles. The Kier molecular flexibility index (Phi) is 6.58. The minimum atomic E-state index is -0.837. The van der Waals surface area contributed by atoms with E-state index in [2.05, 4.69) is 10.5 Å². The number of halogens is 1. The zero-order chi connectivity index (χ0) is 16.8. The molecule has 1 rings (SSSR count). The highest BCUT2D eigenvalue weighted by atomic mass is 35.5. The number of primary amides is 1. The second-order valence-corrected chi connectivity index (χ2v) is 6.18. The van der Waals surface area contributed by atoms with E-state index in [0.717, 1.165) is 5.56 Å². The van der Waals surface area contributed by atoms with E-state index in [1.165, 1.54) is 0 Å². The summed E-state index contributed by atoms with van der Waals surface area (Å²) in [5.74, 6) is 0. The Morgan fingerprint density at radius 1 is 1.36 bits per heavy atom. The molecule has 0 unspecified atom stereocenters. The maximum Gasteiger partial charge on any atom is 0.405 e. The van der Waals surface area contributed by atoms with Crippen molar-refractivity contribution in [1.29, 1.82) is 0 Å². The van der Waals surface area contributed by atoms with E-state index >= 15 is 0 Å². The molecular formula is C14H19ClN4O2S. The summed E-state index contributed by atoms with van der Waals surface area (Å²) in [6.45, 7) is 3.76. The van der Waals surface area contributed by atoms with Crippen molar-refractivity contribution in [3.8, 4) is 0 Å². The van der Waals surface area contributed by atoms with Gasteiger partial charge in [0.15, 0.2) is 0 Å². The van der Waals surface area contributed by atoms with Gasteiger partial charge in [0.2, 0.25) is 0 Å². The second kappa shape index (κ2) is 7.95. The summed E-state index contributed by atoms with van der Waals surface area (Å²) in [7, 11) is 0. The summed E-state index contributed by atoms with van der Waals surface area (Å²) in [6.07, 6.45) is -0.487. The van der Waals surface area contributed by atoms with Crippen LogP contribution in [0.4, 0.5) is 4.79 Å². The molecule has 0 aliphatic heterocycles. The molecule has 1 aromatic carbocycles. The van der Waals surface area contributed by atoms with Gasteiger partial charge in [0.05, 0.1) is 17.2 Å². The lowest BCUT2D eigenvalue weighted by Gasteiger charge is -2.24. The number of carbonyl (C=O) groups is 1. The van der Waals surface area contributed by atoms with Crippen LogP contribution in [0, 0.1) is 0 Å². The SMILES string of the molecule is CC(C)(CC(=NNCC(N)=S)c1ccc(Cl)cc1)OC(N)=O. The Balaban J connectivity index is 2.98. The van der Waals surface area contributed by atoms with Crippen LogP contribution in [-0.4, -0.2) is 28.9 Å². The first kappa shape index (κ1) is 18.2. The van der Waals surface area contributed by atoms with Gasteiger partial charge in [-0.1, -0.05) is 36.0 Å². The fourth-order valence-corrected chi connectivity index (χ4v) is 1.96. The van der Waals surface area contributed by atoms with Crippen molar-refractivity contribution in [3.05, 3.63) is 34.9 Å². The van der Waals surface area contributed by atoms with Gasteiger partial charge >= 0.3 is 6.09 Å². The third-order valence-corrected chi connectivity index (χ3v) is 3.01. The van der Waals surface area contributed by atoms with Gasteiger partial charge in [-0.15, -0.1) is 0 Å². The predicted octanol–water partition coefficient (Wildman–Crippen LogP) is 2.18. The molecule has 0 spiro atoms. The maximum absolute atomic E-state index is 11.0. The Morgan fingerprint density at radius 3 is 2.45 bits per heavy atom. The van der Waals surface area contributed by atoms with Crippen molar-refractivity contribution in [2.75, 3.05) is 6.54 Å². The summed E-state index contributed by atoms with van der Waals surface area (Å²) in [5, 5.41) is 4.90. The number of thiocarbonyl (C=S) groups is 1. The Labute approximate surface area is 139 Å². The number of ether oxygens (including phenoxy) is 1. The average Bonchev–Trinajstić information content (AvgIpc) is 2.36. The van der Waals surface area contributed by atoms with E-state index in [-0.39, 0.29) is 6.54 Å². The van der Waals surface area contributed by atoms with Gasteiger partial charge in [-0.3, -0.25) is 0 Å². The van der Waals surface area contributed by atoms with Gasteiger partial charge in [-0.2, -0.15) is 5.10 Å². The number of benzene rings is 1. The second-order valence-electron chi connectivity index (χ2n) is 5.22. The van der Waals surface area contributed by atoms with Gasteiger partial charge < -0.3 is 21.6 Å². The van der Waals surface area contributed by atoms with Gasteiger partial charge in [0, 0.05) is 11.4 Å². The number of hydrazone groups is 1. The lowest BCUT2D eigenvalue weighted by Crippen LogP contribution is -2.34.